The highest BCUT2D eigenvalue weighted by Crippen LogP contribution is 2.27. The number of carbonyl (C=O) groups excluding carboxylic acids is 1. The summed E-state index contributed by atoms with van der Waals surface area (Å²) in [6, 6.07) is 19.6. The Hall–Kier alpha value is -4.21. The summed E-state index contributed by atoms with van der Waals surface area (Å²) < 4.78 is 17.4. The Labute approximate surface area is 220 Å². The van der Waals surface area contributed by atoms with Crippen molar-refractivity contribution in [2.24, 2.45) is 0 Å². The van der Waals surface area contributed by atoms with E-state index in [0.29, 0.717) is 35.8 Å². The van der Waals surface area contributed by atoms with Gasteiger partial charge in [-0.25, -0.2) is 9.69 Å². The van der Waals surface area contributed by atoms with Crippen molar-refractivity contribution in [3.63, 3.8) is 0 Å². The van der Waals surface area contributed by atoms with Gasteiger partial charge in [0.2, 0.25) is 0 Å². The van der Waals surface area contributed by atoms with Gasteiger partial charge in [0.25, 0.3) is 12.4 Å². The lowest BCUT2D eigenvalue weighted by Crippen LogP contribution is -2.47. The monoisotopic (exact) mass is 515 g/mol. The Bertz CT molecular complexity index is 1450. The molecule has 4 aromatic rings. The first-order chi connectivity index (χ1) is 18.4. The summed E-state index contributed by atoms with van der Waals surface area (Å²) >= 11 is 0. The van der Waals surface area contributed by atoms with Crippen LogP contribution in [0.15, 0.2) is 71.1 Å². The van der Waals surface area contributed by atoms with E-state index in [9.17, 15) is 9.59 Å². The van der Waals surface area contributed by atoms with E-state index in [-0.39, 0.29) is 23.8 Å². The molecule has 2 heterocycles. The standard InChI is InChI=1S/C29H29N3O6/c1-18-6-3-4-7-22(18)30-28-31-23-14-9-19(17-26(23)38-28)16-25(33)24-8-5-15-32(24)29(36-2)37-21-12-10-20(11-13-21)27(34)35/h3-4,6-7,9-14,17,24,29H,5,8,15-16H2,1-2H3,(H,30,31)(H,34,35). The number of likely N-dealkylation sites (tertiary alicyclic amines) is 1. The average Bonchev–Trinajstić information content (AvgIpc) is 3.56. The lowest BCUT2D eigenvalue weighted by molar-refractivity contribution is -0.168. The average molecular weight is 516 g/mol. The van der Waals surface area contributed by atoms with Gasteiger partial charge in [-0.05, 0) is 73.4 Å². The summed E-state index contributed by atoms with van der Waals surface area (Å²) in [6.07, 6.45) is 1.01. The number of hydrogen-bond acceptors (Lipinski definition) is 8. The summed E-state index contributed by atoms with van der Waals surface area (Å²) in [7, 11) is 1.52. The van der Waals surface area contributed by atoms with Crippen molar-refractivity contribution >= 4 is 34.6 Å². The SMILES string of the molecule is COC(Oc1ccc(C(=O)O)cc1)N1CCCC1C(=O)Cc1ccc2nc(Nc3ccccc3C)oc2c1. The lowest BCUT2D eigenvalue weighted by atomic mass is 10.0. The summed E-state index contributed by atoms with van der Waals surface area (Å²) in [5.74, 6) is -0.482. The Balaban J connectivity index is 1.26. The molecule has 1 aliphatic rings. The molecule has 2 unspecified atom stereocenters. The third-order valence-corrected chi connectivity index (χ3v) is 6.69. The number of oxazole rings is 1. The van der Waals surface area contributed by atoms with Gasteiger partial charge in [-0.3, -0.25) is 4.79 Å². The summed E-state index contributed by atoms with van der Waals surface area (Å²) in [4.78, 5) is 30.9. The number of aryl methyl sites for hydroxylation is 1. The molecule has 0 saturated carbocycles. The molecule has 38 heavy (non-hydrogen) atoms. The number of rotatable bonds is 10. The van der Waals surface area contributed by atoms with Crippen LogP contribution in [0.25, 0.3) is 11.1 Å². The quantitative estimate of drug-likeness (QED) is 0.276. The Morgan fingerprint density at radius 1 is 1.16 bits per heavy atom. The number of ketones is 1. The molecule has 0 aliphatic carbocycles. The van der Waals surface area contributed by atoms with Crippen LogP contribution in [0.3, 0.4) is 0 Å². The summed E-state index contributed by atoms with van der Waals surface area (Å²) in [5.41, 5.74) is 4.33. The zero-order valence-corrected chi connectivity index (χ0v) is 21.2. The van der Waals surface area contributed by atoms with Crippen LogP contribution in [0.5, 0.6) is 5.75 Å². The van der Waals surface area contributed by atoms with Crippen LogP contribution >= 0.6 is 0 Å². The molecule has 5 rings (SSSR count). The fourth-order valence-electron chi connectivity index (χ4n) is 4.71. The first kappa shape index (κ1) is 25.4. The minimum Gasteiger partial charge on any atom is -0.478 e. The van der Waals surface area contributed by atoms with E-state index in [1.807, 2.05) is 54.3 Å². The minimum atomic E-state index is -1.01. The molecule has 1 aliphatic heterocycles. The van der Waals surface area contributed by atoms with Crippen LogP contribution in [-0.4, -0.2) is 52.9 Å². The van der Waals surface area contributed by atoms with Crippen molar-refractivity contribution in [3.05, 3.63) is 83.4 Å². The summed E-state index contributed by atoms with van der Waals surface area (Å²) in [6.45, 7) is 2.66. The number of carboxylic acid groups (broad SMARTS) is 1. The van der Waals surface area contributed by atoms with Crippen LogP contribution in [0.2, 0.25) is 0 Å². The first-order valence-corrected chi connectivity index (χ1v) is 12.4. The molecular formula is C29H29N3O6. The molecule has 0 radical (unpaired) electrons. The van der Waals surface area contributed by atoms with E-state index in [2.05, 4.69) is 10.3 Å². The van der Waals surface area contributed by atoms with Crippen molar-refractivity contribution in [2.75, 3.05) is 19.0 Å². The zero-order chi connectivity index (χ0) is 26.6. The number of aromatic carboxylic acids is 1. The van der Waals surface area contributed by atoms with Crippen LogP contribution in [-0.2, 0) is 16.0 Å². The van der Waals surface area contributed by atoms with E-state index < -0.39 is 12.4 Å². The maximum Gasteiger partial charge on any atom is 0.335 e. The third kappa shape index (κ3) is 5.53. The fraction of sp³-hybridized carbons (Fsp3) is 0.276. The van der Waals surface area contributed by atoms with Gasteiger partial charge < -0.3 is 24.3 Å². The van der Waals surface area contributed by atoms with Gasteiger partial charge in [0.1, 0.15) is 11.3 Å². The number of benzene rings is 3. The van der Waals surface area contributed by atoms with Gasteiger partial charge in [-0.1, -0.05) is 24.3 Å². The largest absolute Gasteiger partial charge is 0.478 e. The molecule has 0 amide bonds. The number of methoxy groups -OCH3 is 1. The van der Waals surface area contributed by atoms with Crippen LogP contribution in [0, 0.1) is 6.92 Å². The van der Waals surface area contributed by atoms with E-state index in [1.165, 1.54) is 19.2 Å². The van der Waals surface area contributed by atoms with Gasteiger partial charge in [0.05, 0.1) is 11.6 Å². The van der Waals surface area contributed by atoms with E-state index in [4.69, 9.17) is 19.0 Å². The second kappa shape index (κ2) is 11.0. The normalized spacial score (nSPS) is 16.4. The smallest absolute Gasteiger partial charge is 0.335 e. The van der Waals surface area contributed by atoms with Crippen molar-refractivity contribution in [1.82, 2.24) is 9.88 Å². The molecule has 9 heteroatoms. The predicted octanol–water partition coefficient (Wildman–Crippen LogP) is 5.16. The lowest BCUT2D eigenvalue weighted by Gasteiger charge is -2.31. The highest BCUT2D eigenvalue weighted by atomic mass is 16.7. The fourth-order valence-corrected chi connectivity index (χ4v) is 4.71. The molecule has 1 saturated heterocycles. The Morgan fingerprint density at radius 2 is 1.95 bits per heavy atom. The van der Waals surface area contributed by atoms with E-state index >= 15 is 0 Å². The number of anilines is 2. The number of aromatic nitrogens is 1. The number of hydrogen-bond donors (Lipinski definition) is 2. The third-order valence-electron chi connectivity index (χ3n) is 6.69. The molecule has 3 aromatic carbocycles. The second-order valence-corrected chi connectivity index (χ2v) is 9.29. The van der Waals surface area contributed by atoms with Gasteiger partial charge >= 0.3 is 5.97 Å². The summed E-state index contributed by atoms with van der Waals surface area (Å²) in [5, 5.41) is 12.3. The van der Waals surface area contributed by atoms with E-state index in [1.54, 1.807) is 12.1 Å². The minimum absolute atomic E-state index is 0.0616. The maximum atomic E-state index is 13.4. The maximum absolute atomic E-state index is 13.4. The molecule has 2 atom stereocenters. The highest BCUT2D eigenvalue weighted by molar-refractivity contribution is 5.88. The molecule has 196 valence electrons. The number of nitrogens with one attached hydrogen (secondary N) is 1. The Kier molecular flexibility index (Phi) is 7.39. The molecule has 1 fully saturated rings. The number of Topliss-reactive ketones (excluding diaryl/α,β-unsaturated/α-hetero) is 1. The molecule has 1 aromatic heterocycles. The van der Waals surface area contributed by atoms with Gasteiger partial charge in [-0.2, -0.15) is 4.98 Å². The van der Waals surface area contributed by atoms with Crippen molar-refractivity contribution in [3.8, 4) is 5.75 Å². The molecule has 0 spiro atoms. The first-order valence-electron chi connectivity index (χ1n) is 12.4. The predicted molar refractivity (Wildman–Crippen MR) is 142 cm³/mol. The number of carbonyl (C=O) groups is 2. The van der Waals surface area contributed by atoms with E-state index in [0.717, 1.165) is 23.2 Å². The van der Waals surface area contributed by atoms with Crippen molar-refractivity contribution in [2.45, 2.75) is 38.6 Å². The van der Waals surface area contributed by atoms with Crippen molar-refractivity contribution < 1.29 is 28.6 Å². The molecular weight excluding hydrogens is 486 g/mol. The van der Waals surface area contributed by atoms with Gasteiger partial charge in [-0.15, -0.1) is 0 Å². The number of nitrogens with zero attached hydrogens (tertiary/aromatic N) is 2. The Morgan fingerprint density at radius 3 is 2.68 bits per heavy atom. The number of fused-ring (bicyclic) bond motifs is 1. The van der Waals surface area contributed by atoms with Crippen LogP contribution < -0.4 is 10.1 Å². The molecule has 2 N–H and O–H groups in total. The van der Waals surface area contributed by atoms with Gasteiger partial charge in [0, 0.05) is 25.8 Å². The van der Waals surface area contributed by atoms with Gasteiger partial charge in [0.15, 0.2) is 11.4 Å². The van der Waals surface area contributed by atoms with Crippen LogP contribution in [0.4, 0.5) is 11.7 Å². The highest BCUT2D eigenvalue weighted by Gasteiger charge is 2.36. The van der Waals surface area contributed by atoms with Crippen LogP contribution in [0.1, 0.15) is 34.3 Å². The zero-order valence-electron chi connectivity index (χ0n) is 21.2. The number of carboxylic acids is 1. The number of para-hydroxylation sites is 1. The second-order valence-electron chi connectivity index (χ2n) is 9.29. The number of ether oxygens (including phenoxy) is 2. The molecule has 0 bridgehead atoms. The van der Waals surface area contributed by atoms with Crippen molar-refractivity contribution in [1.29, 1.82) is 0 Å². The molecule has 9 nitrogen and oxygen atoms in total. The topological polar surface area (TPSA) is 114 Å².